The van der Waals surface area contributed by atoms with E-state index in [0.29, 0.717) is 5.56 Å². The van der Waals surface area contributed by atoms with Crippen LogP contribution in [0.3, 0.4) is 0 Å². The second-order valence-electron chi connectivity index (χ2n) is 4.37. The molecule has 98 valence electrons. The molecule has 1 amide bonds. The molecule has 19 heavy (non-hydrogen) atoms. The highest BCUT2D eigenvalue weighted by Crippen LogP contribution is 2.12. The van der Waals surface area contributed by atoms with Crippen LogP contribution in [-0.2, 0) is 17.6 Å². The summed E-state index contributed by atoms with van der Waals surface area (Å²) < 4.78 is 13.4. The number of halogens is 1. The molecule has 0 aromatic heterocycles. The largest absolute Gasteiger partial charge is 0.326 e. The third-order valence-electron chi connectivity index (χ3n) is 2.95. The van der Waals surface area contributed by atoms with Crippen molar-refractivity contribution >= 4 is 11.6 Å². The summed E-state index contributed by atoms with van der Waals surface area (Å²) in [5, 5.41) is 2.76. The second-order valence-corrected chi connectivity index (χ2v) is 4.37. The molecular weight excluding hydrogens is 241 g/mol. The van der Waals surface area contributed by atoms with Gasteiger partial charge in [-0.25, -0.2) is 4.39 Å². The predicted molar refractivity (Wildman–Crippen MR) is 74.6 cm³/mol. The minimum atomic E-state index is -0.348. The standard InChI is InChI=1S/C16H16FNO/c1-2-12-7-9-14(10-8-12)18-16(19)11-13-5-3-4-6-15(13)17/h3-10H,2,11H2,1H3,(H,18,19). The Morgan fingerprint density at radius 1 is 1.11 bits per heavy atom. The first-order valence-corrected chi connectivity index (χ1v) is 6.31. The molecule has 1 N–H and O–H groups in total. The molecule has 0 radical (unpaired) electrons. The number of benzene rings is 2. The number of hydrogen-bond acceptors (Lipinski definition) is 1. The van der Waals surface area contributed by atoms with E-state index in [2.05, 4.69) is 12.2 Å². The maximum atomic E-state index is 13.4. The summed E-state index contributed by atoms with van der Waals surface area (Å²) in [6.07, 6.45) is 1.01. The molecule has 2 rings (SSSR count). The molecule has 0 fully saturated rings. The van der Waals surface area contributed by atoms with Gasteiger partial charge in [0.15, 0.2) is 0 Å². The van der Waals surface area contributed by atoms with Crippen LogP contribution in [0.25, 0.3) is 0 Å². The van der Waals surface area contributed by atoms with Gasteiger partial charge in [0.2, 0.25) is 5.91 Å². The number of anilines is 1. The van der Waals surface area contributed by atoms with Gasteiger partial charge in [-0.1, -0.05) is 37.3 Å². The van der Waals surface area contributed by atoms with Crippen molar-refractivity contribution in [3.63, 3.8) is 0 Å². The fourth-order valence-electron chi connectivity index (χ4n) is 1.84. The molecule has 2 aromatic carbocycles. The monoisotopic (exact) mass is 257 g/mol. The van der Waals surface area contributed by atoms with E-state index in [1.807, 2.05) is 24.3 Å². The molecule has 0 saturated carbocycles. The first kappa shape index (κ1) is 13.3. The van der Waals surface area contributed by atoms with Crippen molar-refractivity contribution in [3.8, 4) is 0 Å². The van der Waals surface area contributed by atoms with E-state index in [4.69, 9.17) is 0 Å². The summed E-state index contributed by atoms with van der Waals surface area (Å²) >= 11 is 0. The second kappa shape index (κ2) is 6.14. The Labute approximate surface area is 112 Å². The van der Waals surface area contributed by atoms with Crippen LogP contribution in [-0.4, -0.2) is 5.91 Å². The van der Waals surface area contributed by atoms with Crippen LogP contribution in [0.15, 0.2) is 48.5 Å². The van der Waals surface area contributed by atoms with Gasteiger partial charge in [-0.15, -0.1) is 0 Å². The van der Waals surface area contributed by atoms with Gasteiger partial charge in [-0.05, 0) is 35.7 Å². The van der Waals surface area contributed by atoms with Gasteiger partial charge in [-0.2, -0.15) is 0 Å². The molecular formula is C16H16FNO. The van der Waals surface area contributed by atoms with Crippen LogP contribution >= 0.6 is 0 Å². The summed E-state index contributed by atoms with van der Waals surface area (Å²) in [7, 11) is 0. The summed E-state index contributed by atoms with van der Waals surface area (Å²) in [5.41, 5.74) is 2.36. The maximum Gasteiger partial charge on any atom is 0.228 e. The number of aryl methyl sites for hydroxylation is 1. The Kier molecular flexibility index (Phi) is 4.29. The van der Waals surface area contributed by atoms with Crippen molar-refractivity contribution in [2.45, 2.75) is 19.8 Å². The summed E-state index contributed by atoms with van der Waals surface area (Å²) in [4.78, 5) is 11.8. The minimum absolute atomic E-state index is 0.0439. The molecule has 0 heterocycles. The van der Waals surface area contributed by atoms with Crippen molar-refractivity contribution in [3.05, 3.63) is 65.5 Å². The fraction of sp³-hybridized carbons (Fsp3) is 0.188. The zero-order valence-corrected chi connectivity index (χ0v) is 10.8. The molecule has 0 spiro atoms. The average Bonchev–Trinajstić information content (AvgIpc) is 2.42. The van der Waals surface area contributed by atoms with Gasteiger partial charge in [0, 0.05) is 5.69 Å². The van der Waals surface area contributed by atoms with Crippen LogP contribution in [0.1, 0.15) is 18.1 Å². The van der Waals surface area contributed by atoms with E-state index in [-0.39, 0.29) is 18.1 Å². The Hall–Kier alpha value is -2.16. The highest BCUT2D eigenvalue weighted by Gasteiger charge is 2.07. The first-order chi connectivity index (χ1) is 9.19. The van der Waals surface area contributed by atoms with E-state index in [1.165, 1.54) is 11.6 Å². The fourth-order valence-corrected chi connectivity index (χ4v) is 1.84. The number of carbonyl (C=O) groups excluding carboxylic acids is 1. The first-order valence-electron chi connectivity index (χ1n) is 6.31. The van der Waals surface area contributed by atoms with Gasteiger partial charge in [-0.3, -0.25) is 4.79 Å². The van der Waals surface area contributed by atoms with Crippen LogP contribution < -0.4 is 5.32 Å². The Bertz CT molecular complexity index is 563. The van der Waals surface area contributed by atoms with Gasteiger partial charge in [0.25, 0.3) is 0 Å². The lowest BCUT2D eigenvalue weighted by molar-refractivity contribution is -0.115. The molecule has 0 atom stereocenters. The number of carbonyl (C=O) groups is 1. The average molecular weight is 257 g/mol. The molecule has 2 nitrogen and oxygen atoms in total. The molecule has 0 aliphatic carbocycles. The van der Waals surface area contributed by atoms with Crippen LogP contribution in [0.2, 0.25) is 0 Å². The summed E-state index contributed by atoms with van der Waals surface area (Å²) in [5.74, 6) is -0.562. The Morgan fingerprint density at radius 2 is 1.79 bits per heavy atom. The summed E-state index contributed by atoms with van der Waals surface area (Å²) in [6, 6.07) is 14.0. The summed E-state index contributed by atoms with van der Waals surface area (Å²) in [6.45, 7) is 2.08. The molecule has 2 aromatic rings. The Balaban J connectivity index is 1.99. The van der Waals surface area contributed by atoms with Crippen molar-refractivity contribution < 1.29 is 9.18 Å². The van der Waals surface area contributed by atoms with E-state index in [9.17, 15) is 9.18 Å². The van der Waals surface area contributed by atoms with E-state index in [0.717, 1.165) is 12.1 Å². The lowest BCUT2D eigenvalue weighted by Gasteiger charge is -2.06. The minimum Gasteiger partial charge on any atom is -0.326 e. The van der Waals surface area contributed by atoms with Crippen LogP contribution in [0.5, 0.6) is 0 Å². The third kappa shape index (κ3) is 3.65. The Morgan fingerprint density at radius 3 is 2.42 bits per heavy atom. The molecule has 3 heteroatoms. The number of hydrogen-bond donors (Lipinski definition) is 1. The highest BCUT2D eigenvalue weighted by molar-refractivity contribution is 5.92. The van der Waals surface area contributed by atoms with Crippen molar-refractivity contribution in [1.29, 1.82) is 0 Å². The SMILES string of the molecule is CCc1ccc(NC(=O)Cc2ccccc2F)cc1. The van der Waals surface area contributed by atoms with Gasteiger partial charge < -0.3 is 5.32 Å². The number of amides is 1. The quantitative estimate of drug-likeness (QED) is 0.891. The van der Waals surface area contributed by atoms with Crippen molar-refractivity contribution in [2.24, 2.45) is 0 Å². The molecule has 0 aliphatic heterocycles. The van der Waals surface area contributed by atoms with Crippen LogP contribution in [0.4, 0.5) is 10.1 Å². The smallest absolute Gasteiger partial charge is 0.228 e. The van der Waals surface area contributed by atoms with Crippen molar-refractivity contribution in [2.75, 3.05) is 5.32 Å². The van der Waals surface area contributed by atoms with E-state index >= 15 is 0 Å². The number of nitrogens with one attached hydrogen (secondary N) is 1. The lowest BCUT2D eigenvalue weighted by atomic mass is 10.1. The van der Waals surface area contributed by atoms with Crippen LogP contribution in [0, 0.1) is 5.82 Å². The van der Waals surface area contributed by atoms with Gasteiger partial charge in [0.1, 0.15) is 5.82 Å². The third-order valence-corrected chi connectivity index (χ3v) is 2.95. The highest BCUT2D eigenvalue weighted by atomic mass is 19.1. The molecule has 0 saturated heterocycles. The molecule has 0 bridgehead atoms. The zero-order valence-electron chi connectivity index (χ0n) is 10.8. The molecule has 0 aliphatic rings. The van der Waals surface area contributed by atoms with Crippen molar-refractivity contribution in [1.82, 2.24) is 0 Å². The maximum absolute atomic E-state index is 13.4. The van der Waals surface area contributed by atoms with E-state index < -0.39 is 0 Å². The zero-order chi connectivity index (χ0) is 13.7. The lowest BCUT2D eigenvalue weighted by Crippen LogP contribution is -2.15. The predicted octanol–water partition coefficient (Wildman–Crippen LogP) is 3.57. The molecule has 0 unspecified atom stereocenters. The van der Waals surface area contributed by atoms with Gasteiger partial charge >= 0.3 is 0 Å². The number of rotatable bonds is 4. The topological polar surface area (TPSA) is 29.1 Å². The van der Waals surface area contributed by atoms with E-state index in [1.54, 1.807) is 18.2 Å². The van der Waals surface area contributed by atoms with Gasteiger partial charge in [0.05, 0.1) is 6.42 Å². The normalized spacial score (nSPS) is 10.2.